The number of hydrogen-bond donors (Lipinski definition) is 0. The maximum Gasteiger partial charge on any atom is 0.238 e. The van der Waals surface area contributed by atoms with E-state index in [0.717, 1.165) is 56.1 Å². The molecule has 3 aromatic heterocycles. The zero-order valence-corrected chi connectivity index (χ0v) is 33.8. The van der Waals surface area contributed by atoms with Crippen LogP contribution in [0.3, 0.4) is 0 Å². The van der Waals surface area contributed by atoms with Gasteiger partial charge in [-0.15, -0.1) is 0 Å². The molecule has 0 saturated carbocycles. The molecule has 1 atom stereocenters. The van der Waals surface area contributed by atoms with Gasteiger partial charge in [0.05, 0.1) is 22.1 Å². The average molecular weight is 794 g/mol. The van der Waals surface area contributed by atoms with Crippen LogP contribution in [0.1, 0.15) is 23.5 Å². The minimum atomic E-state index is 0.353. The SMILES string of the molecule is C1=CC(c2ccc(-c3ccccc3)cc2)CC=C1c1ccc(-n2c3ccccc3c3ccc4c5ccccc5n(-c5nc(-c6ccccc6)nc(-c6ccccc6)n5)c4c32)cc1. The van der Waals surface area contributed by atoms with Crippen molar-refractivity contribution >= 4 is 49.2 Å². The number of para-hydroxylation sites is 2. The van der Waals surface area contributed by atoms with Crippen molar-refractivity contribution in [3.63, 3.8) is 0 Å². The molecule has 0 radical (unpaired) electrons. The Morgan fingerprint density at radius 3 is 1.44 bits per heavy atom. The van der Waals surface area contributed by atoms with Gasteiger partial charge in [-0.2, -0.15) is 9.97 Å². The summed E-state index contributed by atoms with van der Waals surface area (Å²) in [6.45, 7) is 0. The standard InChI is InChI=1S/C57H39N5/c1-4-14-38(15-5-1)39-24-26-40(27-25-39)41-28-30-42(31-29-41)43-32-34-46(35-33-43)61-51-22-12-10-20-47(51)49-36-37-50-48-21-11-13-23-52(48)62(54(50)53(49)61)57-59-55(44-16-6-2-7-17-44)58-56(60-57)45-18-8-3-9-19-45/h1-28,30-37,41H,29H2. The first-order valence-electron chi connectivity index (χ1n) is 21.2. The summed E-state index contributed by atoms with van der Waals surface area (Å²) < 4.78 is 4.67. The van der Waals surface area contributed by atoms with Gasteiger partial charge < -0.3 is 4.57 Å². The normalized spacial score (nSPS) is 13.9. The van der Waals surface area contributed by atoms with Crippen molar-refractivity contribution in [1.29, 1.82) is 0 Å². The minimum absolute atomic E-state index is 0.353. The smallest absolute Gasteiger partial charge is 0.238 e. The van der Waals surface area contributed by atoms with E-state index in [1.165, 1.54) is 38.6 Å². The Morgan fingerprint density at radius 1 is 0.387 bits per heavy atom. The third-order valence-corrected chi connectivity index (χ3v) is 12.4. The van der Waals surface area contributed by atoms with Crippen LogP contribution < -0.4 is 0 Å². The lowest BCUT2D eigenvalue weighted by Crippen LogP contribution is -2.07. The highest BCUT2D eigenvalue weighted by atomic mass is 15.2. The highest BCUT2D eigenvalue weighted by Crippen LogP contribution is 2.42. The van der Waals surface area contributed by atoms with E-state index >= 15 is 0 Å². The zero-order chi connectivity index (χ0) is 41.0. The number of nitrogens with zero attached hydrogens (tertiary/aromatic N) is 5. The number of hydrogen-bond acceptors (Lipinski definition) is 3. The Labute approximate surface area is 359 Å². The van der Waals surface area contributed by atoms with Gasteiger partial charge in [-0.1, -0.05) is 194 Å². The fourth-order valence-corrected chi connectivity index (χ4v) is 9.31. The van der Waals surface area contributed by atoms with Crippen molar-refractivity contribution in [1.82, 2.24) is 24.1 Å². The van der Waals surface area contributed by atoms with Crippen LogP contribution in [0.2, 0.25) is 0 Å². The van der Waals surface area contributed by atoms with Gasteiger partial charge in [-0.05, 0) is 58.5 Å². The van der Waals surface area contributed by atoms with E-state index in [0.29, 0.717) is 23.5 Å². The highest BCUT2D eigenvalue weighted by Gasteiger charge is 2.23. The molecular weight excluding hydrogens is 755 g/mol. The summed E-state index contributed by atoms with van der Waals surface area (Å²) in [4.78, 5) is 15.6. The molecule has 8 aromatic carbocycles. The van der Waals surface area contributed by atoms with Crippen LogP contribution >= 0.6 is 0 Å². The number of aromatic nitrogens is 5. The van der Waals surface area contributed by atoms with Gasteiger partial charge in [0.25, 0.3) is 0 Å². The molecule has 12 rings (SSSR count). The van der Waals surface area contributed by atoms with Gasteiger partial charge in [0.2, 0.25) is 5.95 Å². The first-order valence-corrected chi connectivity index (χ1v) is 21.2. The molecular formula is C57H39N5. The summed E-state index contributed by atoms with van der Waals surface area (Å²) in [5.74, 6) is 2.18. The highest BCUT2D eigenvalue weighted by molar-refractivity contribution is 6.23. The monoisotopic (exact) mass is 793 g/mol. The van der Waals surface area contributed by atoms with Crippen LogP contribution in [0.5, 0.6) is 0 Å². The first kappa shape index (κ1) is 35.8. The van der Waals surface area contributed by atoms with Gasteiger partial charge in [0, 0.05) is 44.3 Å². The Balaban J connectivity index is 0.991. The van der Waals surface area contributed by atoms with Crippen LogP contribution in [-0.2, 0) is 0 Å². The van der Waals surface area contributed by atoms with Crippen molar-refractivity contribution in [2.75, 3.05) is 0 Å². The van der Waals surface area contributed by atoms with Crippen LogP contribution in [0, 0.1) is 0 Å². The maximum absolute atomic E-state index is 5.26. The van der Waals surface area contributed by atoms with Gasteiger partial charge in [0.1, 0.15) is 0 Å². The molecule has 292 valence electrons. The maximum atomic E-state index is 5.26. The van der Waals surface area contributed by atoms with E-state index < -0.39 is 0 Å². The number of benzene rings is 8. The van der Waals surface area contributed by atoms with E-state index in [2.05, 4.69) is 191 Å². The molecule has 0 amide bonds. The van der Waals surface area contributed by atoms with Gasteiger partial charge >= 0.3 is 0 Å². The summed E-state index contributed by atoms with van der Waals surface area (Å²) in [5.41, 5.74) is 13.6. The first-order chi connectivity index (χ1) is 30.7. The third kappa shape index (κ3) is 6.05. The molecule has 1 unspecified atom stereocenters. The molecule has 1 aliphatic rings. The Hall–Kier alpha value is -8.15. The molecule has 1 aliphatic carbocycles. The summed E-state index contributed by atoms with van der Waals surface area (Å²) in [5, 5.41) is 4.64. The van der Waals surface area contributed by atoms with Crippen LogP contribution in [0.4, 0.5) is 0 Å². The summed E-state index contributed by atoms with van der Waals surface area (Å²) in [7, 11) is 0. The van der Waals surface area contributed by atoms with E-state index in [1.54, 1.807) is 0 Å². The molecule has 62 heavy (non-hydrogen) atoms. The molecule has 5 nitrogen and oxygen atoms in total. The van der Waals surface area contributed by atoms with Crippen LogP contribution in [-0.4, -0.2) is 24.1 Å². The van der Waals surface area contributed by atoms with Crippen molar-refractivity contribution in [2.24, 2.45) is 0 Å². The molecule has 0 spiro atoms. The molecule has 0 aliphatic heterocycles. The molecule has 5 heteroatoms. The second-order valence-electron chi connectivity index (χ2n) is 16.0. The Kier molecular flexibility index (Phi) is 8.56. The van der Waals surface area contributed by atoms with Crippen LogP contribution in [0.15, 0.2) is 218 Å². The summed E-state index contributed by atoms with van der Waals surface area (Å²) in [6.07, 6.45) is 7.99. The fourth-order valence-electron chi connectivity index (χ4n) is 9.31. The average Bonchev–Trinajstić information content (AvgIpc) is 3.88. The topological polar surface area (TPSA) is 48.5 Å². The van der Waals surface area contributed by atoms with Crippen LogP contribution in [0.25, 0.3) is 94.7 Å². The predicted molar refractivity (Wildman–Crippen MR) is 256 cm³/mol. The summed E-state index contributed by atoms with van der Waals surface area (Å²) >= 11 is 0. The lowest BCUT2D eigenvalue weighted by molar-refractivity contribution is 0.857. The molecule has 0 N–H and O–H groups in total. The van der Waals surface area contributed by atoms with Gasteiger partial charge in [-0.3, -0.25) is 4.57 Å². The number of rotatable bonds is 7. The Morgan fingerprint density at radius 2 is 0.871 bits per heavy atom. The lowest BCUT2D eigenvalue weighted by atomic mass is 9.87. The molecule has 11 aromatic rings. The summed E-state index contributed by atoms with van der Waals surface area (Å²) in [6, 6.07) is 70.9. The van der Waals surface area contributed by atoms with Crippen molar-refractivity contribution in [3.05, 3.63) is 230 Å². The third-order valence-electron chi connectivity index (χ3n) is 12.4. The molecule has 3 heterocycles. The van der Waals surface area contributed by atoms with E-state index in [1.807, 2.05) is 36.4 Å². The van der Waals surface area contributed by atoms with E-state index in [4.69, 9.17) is 15.0 Å². The largest absolute Gasteiger partial charge is 0.307 e. The predicted octanol–water partition coefficient (Wildman–Crippen LogP) is 14.2. The molecule has 0 saturated heterocycles. The van der Waals surface area contributed by atoms with Gasteiger partial charge in [0.15, 0.2) is 11.6 Å². The molecule has 0 bridgehead atoms. The van der Waals surface area contributed by atoms with Crippen molar-refractivity contribution < 1.29 is 0 Å². The zero-order valence-electron chi connectivity index (χ0n) is 33.8. The van der Waals surface area contributed by atoms with Gasteiger partial charge in [-0.25, -0.2) is 4.98 Å². The van der Waals surface area contributed by atoms with Crippen molar-refractivity contribution in [3.8, 4) is 45.5 Å². The lowest BCUT2D eigenvalue weighted by Gasteiger charge is -2.18. The second-order valence-corrected chi connectivity index (χ2v) is 16.0. The van der Waals surface area contributed by atoms with E-state index in [9.17, 15) is 0 Å². The van der Waals surface area contributed by atoms with E-state index in [-0.39, 0.29) is 0 Å². The quantitative estimate of drug-likeness (QED) is 0.161. The Bertz CT molecular complexity index is 3450. The molecule has 0 fully saturated rings. The second kappa shape index (κ2) is 14.8. The fraction of sp³-hybridized carbons (Fsp3) is 0.0351. The minimum Gasteiger partial charge on any atom is -0.307 e. The number of allylic oxidation sites excluding steroid dienone is 4. The van der Waals surface area contributed by atoms with Crippen molar-refractivity contribution in [2.45, 2.75) is 12.3 Å². The number of fused-ring (bicyclic) bond motifs is 7.